The van der Waals surface area contributed by atoms with Crippen LogP contribution in [0.1, 0.15) is 36.3 Å². The molecule has 2 amide bonds. The van der Waals surface area contributed by atoms with Crippen LogP contribution < -0.4 is 10.6 Å². The third-order valence-electron chi connectivity index (χ3n) is 6.20. The highest BCUT2D eigenvalue weighted by molar-refractivity contribution is 6.06. The van der Waals surface area contributed by atoms with Crippen LogP contribution in [-0.2, 0) is 14.3 Å². The molecule has 176 valence electrons. The van der Waals surface area contributed by atoms with E-state index >= 15 is 0 Å². The fourth-order valence-corrected chi connectivity index (χ4v) is 4.38. The Kier molecular flexibility index (Phi) is 5.48. The van der Waals surface area contributed by atoms with E-state index in [0.29, 0.717) is 5.82 Å². The maximum atomic E-state index is 12.6. The Bertz CT molecular complexity index is 1420. The largest absolute Gasteiger partial charge is 0.444 e. The molecule has 10 nitrogen and oxygen atoms in total. The van der Waals surface area contributed by atoms with Crippen LogP contribution in [0.4, 0.5) is 11.5 Å². The summed E-state index contributed by atoms with van der Waals surface area (Å²) in [6.45, 7) is 1.48. The number of amides is 2. The Morgan fingerprint density at radius 1 is 1.09 bits per heavy atom. The second kappa shape index (κ2) is 8.64. The Labute approximate surface area is 200 Å². The van der Waals surface area contributed by atoms with Gasteiger partial charge in [-0.25, -0.2) is 14.8 Å². The van der Waals surface area contributed by atoms with Gasteiger partial charge in [-0.1, -0.05) is 36.4 Å². The van der Waals surface area contributed by atoms with E-state index in [1.807, 2.05) is 42.5 Å². The minimum absolute atomic E-state index is 0.00585. The number of aromatic nitrogens is 4. The van der Waals surface area contributed by atoms with Crippen LogP contribution in [0, 0.1) is 0 Å². The van der Waals surface area contributed by atoms with E-state index in [1.165, 1.54) is 25.5 Å². The van der Waals surface area contributed by atoms with E-state index in [1.54, 1.807) is 22.0 Å². The molecule has 0 spiro atoms. The predicted molar refractivity (Wildman–Crippen MR) is 127 cm³/mol. The standard InChI is InChI=1S/C25H22N6O4/c1-16(32)31(21-8-4-6-17-5-2-3-7-19(17)21)22-14-30(15-29-22)18-11-25(12-18,24(26)34)35-23(33)20-13-27-9-10-28-20/h2-10,13-15,18H,11-12H2,1H3,(H2,26,34). The number of esters is 1. The molecule has 0 radical (unpaired) electrons. The first kappa shape index (κ1) is 22.2. The van der Waals surface area contributed by atoms with Gasteiger partial charge in [0.1, 0.15) is 0 Å². The Morgan fingerprint density at radius 3 is 2.57 bits per heavy atom. The van der Waals surface area contributed by atoms with Gasteiger partial charge in [-0.15, -0.1) is 0 Å². The van der Waals surface area contributed by atoms with Gasteiger partial charge in [0.2, 0.25) is 5.91 Å². The first-order valence-corrected chi connectivity index (χ1v) is 11.0. The summed E-state index contributed by atoms with van der Waals surface area (Å²) in [7, 11) is 0. The lowest BCUT2D eigenvalue weighted by Crippen LogP contribution is -2.57. The molecule has 0 unspecified atom stereocenters. The minimum Gasteiger partial charge on any atom is -0.444 e. The average Bonchev–Trinajstić information content (AvgIpc) is 3.30. The van der Waals surface area contributed by atoms with E-state index in [9.17, 15) is 14.4 Å². The molecule has 1 aliphatic carbocycles. The number of benzene rings is 2. The van der Waals surface area contributed by atoms with Crippen LogP contribution in [0.15, 0.2) is 73.6 Å². The first-order chi connectivity index (χ1) is 16.9. The molecular formula is C25H22N6O4. The quantitative estimate of drug-likeness (QED) is 0.428. The number of primary amides is 1. The minimum atomic E-state index is -1.44. The number of anilines is 2. The van der Waals surface area contributed by atoms with Crippen molar-refractivity contribution in [3.63, 3.8) is 0 Å². The zero-order valence-corrected chi connectivity index (χ0v) is 18.9. The fraction of sp³-hybridized carbons (Fsp3) is 0.200. The van der Waals surface area contributed by atoms with Gasteiger partial charge in [0.25, 0.3) is 5.91 Å². The molecule has 2 aromatic heterocycles. The van der Waals surface area contributed by atoms with Gasteiger partial charge in [-0.3, -0.25) is 19.5 Å². The first-order valence-electron chi connectivity index (χ1n) is 11.0. The van der Waals surface area contributed by atoms with Crippen molar-refractivity contribution >= 4 is 40.1 Å². The van der Waals surface area contributed by atoms with E-state index in [-0.39, 0.29) is 30.5 Å². The zero-order chi connectivity index (χ0) is 24.6. The number of hydrogen-bond acceptors (Lipinski definition) is 7. The molecule has 4 aromatic rings. The second-order valence-corrected chi connectivity index (χ2v) is 8.43. The van der Waals surface area contributed by atoms with Crippen LogP contribution in [0.3, 0.4) is 0 Å². The second-order valence-electron chi connectivity index (χ2n) is 8.43. The van der Waals surface area contributed by atoms with E-state index in [4.69, 9.17) is 10.5 Å². The van der Waals surface area contributed by atoms with Gasteiger partial charge in [-0.05, 0) is 11.5 Å². The maximum Gasteiger partial charge on any atom is 0.359 e. The molecule has 35 heavy (non-hydrogen) atoms. The van der Waals surface area contributed by atoms with Crippen molar-refractivity contribution in [3.05, 3.63) is 79.3 Å². The molecule has 2 aromatic carbocycles. The van der Waals surface area contributed by atoms with Crippen LogP contribution in [0.5, 0.6) is 0 Å². The average molecular weight is 470 g/mol. The van der Waals surface area contributed by atoms with Crippen molar-refractivity contribution in [2.45, 2.75) is 31.4 Å². The highest BCUT2D eigenvalue weighted by Gasteiger charge is 2.53. The molecule has 5 rings (SSSR count). The van der Waals surface area contributed by atoms with Crippen molar-refractivity contribution in [1.29, 1.82) is 0 Å². The third-order valence-corrected chi connectivity index (χ3v) is 6.20. The predicted octanol–water partition coefficient (Wildman–Crippen LogP) is 2.93. The highest BCUT2D eigenvalue weighted by atomic mass is 16.6. The molecule has 0 saturated heterocycles. The summed E-state index contributed by atoms with van der Waals surface area (Å²) in [5, 5.41) is 1.93. The molecule has 1 fully saturated rings. The lowest BCUT2D eigenvalue weighted by molar-refractivity contribution is -0.152. The highest BCUT2D eigenvalue weighted by Crippen LogP contribution is 2.45. The maximum absolute atomic E-state index is 12.6. The van der Waals surface area contributed by atoms with Crippen molar-refractivity contribution in [1.82, 2.24) is 19.5 Å². The van der Waals surface area contributed by atoms with Crippen molar-refractivity contribution in [2.75, 3.05) is 4.90 Å². The number of fused-ring (bicyclic) bond motifs is 1. The zero-order valence-electron chi connectivity index (χ0n) is 18.9. The summed E-state index contributed by atoms with van der Waals surface area (Å²) in [5.41, 5.74) is 4.86. The molecule has 10 heteroatoms. The summed E-state index contributed by atoms with van der Waals surface area (Å²) in [6, 6.07) is 13.3. The topological polar surface area (TPSA) is 133 Å². The Morgan fingerprint density at radius 2 is 1.86 bits per heavy atom. The number of nitrogens with zero attached hydrogens (tertiary/aromatic N) is 5. The third kappa shape index (κ3) is 3.99. The number of rotatable bonds is 6. The Balaban J connectivity index is 1.38. The summed E-state index contributed by atoms with van der Waals surface area (Å²) in [4.78, 5) is 51.0. The van der Waals surface area contributed by atoms with Gasteiger partial charge in [0.05, 0.1) is 18.2 Å². The smallest absolute Gasteiger partial charge is 0.359 e. The molecule has 1 saturated carbocycles. The van der Waals surface area contributed by atoms with E-state index in [2.05, 4.69) is 15.0 Å². The number of hydrogen-bond donors (Lipinski definition) is 1. The van der Waals surface area contributed by atoms with Crippen LogP contribution in [0.25, 0.3) is 10.8 Å². The normalized spacial score (nSPS) is 19.1. The van der Waals surface area contributed by atoms with Gasteiger partial charge < -0.3 is 15.0 Å². The Hall–Kier alpha value is -4.60. The molecular weight excluding hydrogens is 448 g/mol. The molecule has 0 bridgehead atoms. The van der Waals surface area contributed by atoms with Crippen LogP contribution >= 0.6 is 0 Å². The molecule has 0 aliphatic heterocycles. The number of imidazole rings is 1. The summed E-state index contributed by atoms with van der Waals surface area (Å²) < 4.78 is 7.27. The number of nitrogens with two attached hydrogens (primary N) is 1. The van der Waals surface area contributed by atoms with E-state index < -0.39 is 17.5 Å². The number of ether oxygens (including phenoxy) is 1. The lowest BCUT2D eigenvalue weighted by atomic mass is 9.74. The van der Waals surface area contributed by atoms with Gasteiger partial charge in [-0.2, -0.15) is 0 Å². The summed E-state index contributed by atoms with van der Waals surface area (Å²) >= 11 is 0. The molecule has 1 aliphatic rings. The summed E-state index contributed by atoms with van der Waals surface area (Å²) in [5.74, 6) is -1.24. The van der Waals surface area contributed by atoms with Crippen molar-refractivity contribution in [3.8, 4) is 0 Å². The molecule has 2 N–H and O–H groups in total. The SMILES string of the molecule is CC(=O)N(c1cn(C2CC(OC(=O)c3cnccn3)(C(N)=O)C2)cn1)c1cccc2ccccc12. The van der Waals surface area contributed by atoms with Crippen LogP contribution in [-0.4, -0.2) is 42.9 Å². The van der Waals surface area contributed by atoms with Crippen molar-refractivity contribution in [2.24, 2.45) is 5.73 Å². The van der Waals surface area contributed by atoms with Crippen molar-refractivity contribution < 1.29 is 19.1 Å². The van der Waals surface area contributed by atoms with E-state index in [0.717, 1.165) is 16.5 Å². The monoisotopic (exact) mass is 470 g/mol. The van der Waals surface area contributed by atoms with Crippen LogP contribution in [0.2, 0.25) is 0 Å². The van der Waals surface area contributed by atoms with Gasteiger partial charge in [0, 0.05) is 49.8 Å². The lowest BCUT2D eigenvalue weighted by Gasteiger charge is -2.44. The number of carbonyl (C=O) groups is 3. The molecule has 0 atom stereocenters. The van der Waals surface area contributed by atoms with Gasteiger partial charge >= 0.3 is 5.97 Å². The molecule has 2 heterocycles. The number of carbonyl (C=O) groups excluding carboxylic acids is 3. The van der Waals surface area contributed by atoms with Gasteiger partial charge in [0.15, 0.2) is 17.1 Å². The summed E-state index contributed by atoms with van der Waals surface area (Å²) in [6.07, 6.45) is 7.75. The fourth-order valence-electron chi connectivity index (χ4n) is 4.38.